The van der Waals surface area contributed by atoms with Gasteiger partial charge < -0.3 is 29.9 Å². The third-order valence-electron chi connectivity index (χ3n) is 8.86. The van der Waals surface area contributed by atoms with Gasteiger partial charge in [0.2, 0.25) is 27.7 Å². The molecule has 3 heterocycles. The Kier molecular flexibility index (Phi) is 8.66. The number of carbonyl (C=O) groups is 6. The number of esters is 1. The van der Waals surface area contributed by atoms with E-state index in [1.807, 2.05) is 0 Å². The van der Waals surface area contributed by atoms with Gasteiger partial charge in [0.05, 0.1) is 11.8 Å². The number of sulfonamides is 1. The standard InChI is InChI=1S/C29H41N5O10S/c1-5-16-14-29(16,26(39)32-45(41,42)18-8-9-18)31-23(36)20-7-6-12-33(20)24(37)19(30-27(40)44-28(2,3)4)10-11-22(35)34-15-17-13-21(34)25(38)43-17/h5,16-21H,1,6-15H2,2-4H3,(H,30,40)(H,31,36)(H,32,39)/t16-,17-,19+,20+,21-,29-/m1/s1. The fourth-order valence-corrected chi connectivity index (χ4v) is 7.63. The molecule has 0 aromatic heterocycles. The molecule has 3 saturated heterocycles. The number of amides is 5. The number of nitrogens with zero attached hydrogens (tertiary/aromatic N) is 2. The van der Waals surface area contributed by atoms with Gasteiger partial charge in [0.1, 0.15) is 35.4 Å². The van der Waals surface area contributed by atoms with Gasteiger partial charge >= 0.3 is 12.1 Å². The van der Waals surface area contributed by atoms with E-state index >= 15 is 0 Å². The highest BCUT2D eigenvalue weighted by molar-refractivity contribution is 7.91. The van der Waals surface area contributed by atoms with Crippen molar-refractivity contribution in [3.8, 4) is 0 Å². The number of hydrogen-bond acceptors (Lipinski definition) is 10. The quantitative estimate of drug-likeness (QED) is 0.199. The second kappa shape index (κ2) is 11.9. The summed E-state index contributed by atoms with van der Waals surface area (Å²) in [6, 6.07) is -2.89. The fourth-order valence-electron chi connectivity index (χ4n) is 6.27. The predicted octanol–water partition coefficient (Wildman–Crippen LogP) is -0.153. The summed E-state index contributed by atoms with van der Waals surface area (Å²) in [7, 11) is -3.86. The summed E-state index contributed by atoms with van der Waals surface area (Å²) in [5, 5.41) is 4.61. The van der Waals surface area contributed by atoms with E-state index in [0.717, 1.165) is 0 Å². The lowest BCUT2D eigenvalue weighted by Crippen LogP contribution is -2.58. The van der Waals surface area contributed by atoms with Crippen LogP contribution in [-0.2, 0) is 43.5 Å². The number of rotatable bonds is 11. The predicted molar refractivity (Wildman–Crippen MR) is 156 cm³/mol. The molecule has 3 N–H and O–H groups in total. The molecule has 5 aliphatic rings. The first-order valence-electron chi connectivity index (χ1n) is 15.4. The molecule has 0 aromatic rings. The first-order chi connectivity index (χ1) is 21.0. The van der Waals surface area contributed by atoms with Crippen LogP contribution in [0.2, 0.25) is 0 Å². The molecule has 0 radical (unpaired) electrons. The summed E-state index contributed by atoms with van der Waals surface area (Å²) >= 11 is 0. The highest BCUT2D eigenvalue weighted by Gasteiger charge is 2.61. The molecule has 0 aromatic carbocycles. The number of ether oxygens (including phenoxy) is 2. The molecule has 2 bridgehead atoms. The number of alkyl carbamates (subject to hydrolysis) is 1. The minimum Gasteiger partial charge on any atom is -0.459 e. The summed E-state index contributed by atoms with van der Waals surface area (Å²) in [4.78, 5) is 81.1. The molecule has 2 aliphatic carbocycles. The maximum Gasteiger partial charge on any atom is 0.408 e. The molecule has 15 nitrogen and oxygen atoms in total. The largest absolute Gasteiger partial charge is 0.459 e. The molecule has 0 unspecified atom stereocenters. The molecule has 3 aliphatic heterocycles. The second-order valence-corrected chi connectivity index (χ2v) is 15.4. The lowest BCUT2D eigenvalue weighted by molar-refractivity contribution is -0.157. The van der Waals surface area contributed by atoms with E-state index in [0.29, 0.717) is 25.7 Å². The van der Waals surface area contributed by atoms with E-state index in [9.17, 15) is 37.2 Å². The van der Waals surface area contributed by atoms with Crippen LogP contribution in [-0.4, -0.2) is 108 Å². The van der Waals surface area contributed by atoms with Gasteiger partial charge in [-0.25, -0.2) is 18.0 Å². The molecular weight excluding hydrogens is 610 g/mol. The summed E-state index contributed by atoms with van der Waals surface area (Å²) in [5.74, 6) is -3.41. The van der Waals surface area contributed by atoms with Crippen LogP contribution in [0, 0.1) is 5.92 Å². The van der Waals surface area contributed by atoms with Gasteiger partial charge in [-0.2, -0.15) is 0 Å². The van der Waals surface area contributed by atoms with Crippen LogP contribution in [0.15, 0.2) is 12.7 Å². The average Bonchev–Trinajstić information content (AvgIpc) is 3.78. The van der Waals surface area contributed by atoms with Crippen molar-refractivity contribution in [2.75, 3.05) is 13.1 Å². The van der Waals surface area contributed by atoms with Gasteiger partial charge in [0.25, 0.3) is 5.91 Å². The Morgan fingerprint density at radius 1 is 1.16 bits per heavy atom. The first-order valence-corrected chi connectivity index (χ1v) is 16.9. The van der Waals surface area contributed by atoms with E-state index in [4.69, 9.17) is 9.47 Å². The topological polar surface area (TPSA) is 198 Å². The summed E-state index contributed by atoms with van der Waals surface area (Å²) in [6.07, 6.45) is 2.21. The van der Waals surface area contributed by atoms with Crippen LogP contribution in [0.3, 0.4) is 0 Å². The number of nitrogens with one attached hydrogen (secondary N) is 3. The Bertz CT molecular complexity index is 1410. The average molecular weight is 652 g/mol. The monoisotopic (exact) mass is 651 g/mol. The number of fused-ring (bicyclic) bond motifs is 2. The van der Waals surface area contributed by atoms with Gasteiger partial charge in [-0.1, -0.05) is 6.08 Å². The van der Waals surface area contributed by atoms with Crippen LogP contribution in [0.25, 0.3) is 0 Å². The SMILES string of the molecule is C=C[C@@H]1C[C@]1(NC(=O)[C@@H]1CCCN1C(=O)[C@H](CCC(=O)N1C[C@H]2C[C@@H]1C(=O)O2)NC(=O)OC(C)(C)C)C(=O)NS(=O)(=O)C1CC1. The normalized spacial score (nSPS) is 29.4. The minimum absolute atomic E-state index is 0.116. The van der Waals surface area contributed by atoms with E-state index in [1.54, 1.807) is 20.8 Å². The minimum atomic E-state index is -3.86. The molecule has 16 heteroatoms. The maximum atomic E-state index is 13.9. The van der Waals surface area contributed by atoms with Gasteiger partial charge in [-0.15, -0.1) is 6.58 Å². The Morgan fingerprint density at radius 2 is 1.87 bits per heavy atom. The smallest absolute Gasteiger partial charge is 0.408 e. The molecule has 5 amide bonds. The number of carbonyl (C=O) groups excluding carboxylic acids is 6. The van der Waals surface area contributed by atoms with Gasteiger partial charge in [0, 0.05) is 25.3 Å². The zero-order valence-corrected chi connectivity index (χ0v) is 26.5. The Hall–Kier alpha value is -3.69. The molecule has 5 rings (SSSR count). The Morgan fingerprint density at radius 3 is 2.44 bits per heavy atom. The van der Waals surface area contributed by atoms with Gasteiger partial charge in [-0.05, 0) is 59.3 Å². The van der Waals surface area contributed by atoms with Crippen LogP contribution >= 0.6 is 0 Å². The molecule has 45 heavy (non-hydrogen) atoms. The Labute approximate surface area is 261 Å². The second-order valence-electron chi connectivity index (χ2n) is 13.5. The fraction of sp³-hybridized carbons (Fsp3) is 0.724. The lowest BCUT2D eigenvalue weighted by Gasteiger charge is -2.31. The summed E-state index contributed by atoms with van der Waals surface area (Å²) < 4.78 is 37.5. The summed E-state index contributed by atoms with van der Waals surface area (Å²) in [5.41, 5.74) is -2.37. The maximum absolute atomic E-state index is 13.9. The zero-order chi connectivity index (χ0) is 32.9. The number of morpholine rings is 1. The number of likely N-dealkylation sites (tertiary alicyclic amines) is 2. The van der Waals surface area contributed by atoms with Gasteiger partial charge in [-0.3, -0.25) is 23.9 Å². The van der Waals surface area contributed by atoms with Crippen molar-refractivity contribution >= 4 is 45.7 Å². The molecule has 2 saturated carbocycles. The molecule has 5 fully saturated rings. The van der Waals surface area contributed by atoms with Crippen molar-refractivity contribution in [2.24, 2.45) is 5.92 Å². The van der Waals surface area contributed by atoms with Crippen molar-refractivity contribution in [2.45, 2.75) is 113 Å². The third kappa shape index (κ3) is 6.94. The third-order valence-corrected chi connectivity index (χ3v) is 10.7. The van der Waals surface area contributed by atoms with Crippen LogP contribution in [0.5, 0.6) is 0 Å². The van der Waals surface area contributed by atoms with Crippen LogP contribution < -0.4 is 15.4 Å². The van der Waals surface area contributed by atoms with Crippen LogP contribution in [0.1, 0.15) is 72.1 Å². The van der Waals surface area contributed by atoms with Crippen LogP contribution in [0.4, 0.5) is 4.79 Å². The van der Waals surface area contributed by atoms with Crippen molar-refractivity contribution in [1.29, 1.82) is 0 Å². The summed E-state index contributed by atoms with van der Waals surface area (Å²) in [6.45, 7) is 9.12. The number of hydrogen-bond donors (Lipinski definition) is 3. The molecular formula is C29H41N5O10S. The van der Waals surface area contributed by atoms with Crippen molar-refractivity contribution in [3.63, 3.8) is 0 Å². The van der Waals surface area contributed by atoms with E-state index in [2.05, 4.69) is 21.9 Å². The van der Waals surface area contributed by atoms with E-state index < -0.39 is 80.2 Å². The lowest BCUT2D eigenvalue weighted by atomic mass is 10.1. The van der Waals surface area contributed by atoms with E-state index in [-0.39, 0.29) is 50.8 Å². The highest BCUT2D eigenvalue weighted by atomic mass is 32.2. The molecule has 6 atom stereocenters. The van der Waals surface area contributed by atoms with Crippen molar-refractivity contribution in [1.82, 2.24) is 25.2 Å². The Balaban J connectivity index is 1.27. The molecule has 248 valence electrons. The highest BCUT2D eigenvalue weighted by Crippen LogP contribution is 2.45. The van der Waals surface area contributed by atoms with Gasteiger partial charge in [0.15, 0.2) is 0 Å². The first kappa shape index (κ1) is 32.7. The molecule has 0 spiro atoms. The van der Waals surface area contributed by atoms with Crippen molar-refractivity contribution < 1.29 is 46.7 Å². The zero-order valence-electron chi connectivity index (χ0n) is 25.7. The van der Waals surface area contributed by atoms with Crippen molar-refractivity contribution in [3.05, 3.63) is 12.7 Å². The van der Waals surface area contributed by atoms with E-state index in [1.165, 1.54) is 15.9 Å².